The summed E-state index contributed by atoms with van der Waals surface area (Å²) in [5, 5.41) is 3.16. The number of carbonyl (C=O) groups is 1. The van der Waals surface area contributed by atoms with Crippen molar-refractivity contribution in [1.82, 2.24) is 5.32 Å². The lowest BCUT2D eigenvalue weighted by molar-refractivity contribution is -0.149. The van der Waals surface area contributed by atoms with Crippen LogP contribution in [0.3, 0.4) is 0 Å². The van der Waals surface area contributed by atoms with E-state index in [1.165, 1.54) is 13.5 Å². The van der Waals surface area contributed by atoms with Crippen molar-refractivity contribution >= 4 is 5.97 Å². The van der Waals surface area contributed by atoms with Gasteiger partial charge in [-0.05, 0) is 39.2 Å². The van der Waals surface area contributed by atoms with E-state index >= 15 is 0 Å². The zero-order valence-corrected chi connectivity index (χ0v) is 10.5. The largest absolute Gasteiger partial charge is 0.468 e. The predicted octanol–water partition coefficient (Wildman–Crippen LogP) is 1.49. The number of hydrogen-bond acceptors (Lipinski definition) is 4. The molecule has 0 bridgehead atoms. The molecule has 4 nitrogen and oxygen atoms in total. The number of hydrogen-bond donors (Lipinski definition) is 1. The van der Waals surface area contributed by atoms with Crippen LogP contribution in [0.2, 0.25) is 0 Å². The minimum atomic E-state index is -0.618. The number of methoxy groups -OCH3 is 1. The summed E-state index contributed by atoms with van der Waals surface area (Å²) in [6, 6.07) is 0. The molecule has 1 fully saturated rings. The molecule has 0 radical (unpaired) electrons. The van der Waals surface area contributed by atoms with Crippen LogP contribution in [0.5, 0.6) is 0 Å². The monoisotopic (exact) mass is 229 g/mol. The van der Waals surface area contributed by atoms with Crippen molar-refractivity contribution in [3.05, 3.63) is 0 Å². The van der Waals surface area contributed by atoms with Crippen LogP contribution < -0.4 is 5.32 Å². The minimum absolute atomic E-state index is 0.216. The Labute approximate surface area is 97.7 Å². The van der Waals surface area contributed by atoms with Gasteiger partial charge in [-0.25, -0.2) is 0 Å². The zero-order valence-electron chi connectivity index (χ0n) is 10.5. The van der Waals surface area contributed by atoms with E-state index in [-0.39, 0.29) is 5.97 Å². The molecule has 0 aliphatic heterocycles. The molecule has 1 saturated carbocycles. The molecule has 1 unspecified atom stereocenters. The first-order chi connectivity index (χ1) is 7.62. The Bertz CT molecular complexity index is 228. The van der Waals surface area contributed by atoms with Crippen molar-refractivity contribution in [3.63, 3.8) is 0 Å². The Kier molecular flexibility index (Phi) is 5.22. The second-order valence-electron chi connectivity index (χ2n) is 4.53. The third kappa shape index (κ3) is 3.46. The summed E-state index contributed by atoms with van der Waals surface area (Å²) in [4.78, 5) is 11.6. The summed E-state index contributed by atoms with van der Waals surface area (Å²) < 4.78 is 10.5. The van der Waals surface area contributed by atoms with Crippen LogP contribution in [0, 0.1) is 0 Å². The van der Waals surface area contributed by atoms with Crippen molar-refractivity contribution in [2.24, 2.45) is 0 Å². The summed E-state index contributed by atoms with van der Waals surface area (Å²) in [6.45, 7) is 5.21. The van der Waals surface area contributed by atoms with E-state index in [2.05, 4.69) is 5.32 Å². The van der Waals surface area contributed by atoms with Gasteiger partial charge in [0.2, 0.25) is 0 Å². The van der Waals surface area contributed by atoms with Crippen LogP contribution in [0.25, 0.3) is 0 Å². The molecule has 0 amide bonds. The first-order valence-corrected chi connectivity index (χ1v) is 6.07. The standard InChI is InChI=1S/C12H23NO3/c1-4-13-12(2,11(14)15-3)8-9-16-10-6-5-7-10/h10,13H,4-9H2,1-3H3. The third-order valence-electron chi connectivity index (χ3n) is 3.21. The number of likely N-dealkylation sites (N-methyl/N-ethyl adjacent to an activating group) is 1. The third-order valence-corrected chi connectivity index (χ3v) is 3.21. The van der Waals surface area contributed by atoms with Gasteiger partial charge in [-0.3, -0.25) is 4.79 Å². The van der Waals surface area contributed by atoms with Gasteiger partial charge in [0.15, 0.2) is 0 Å². The number of esters is 1. The Balaban J connectivity index is 2.33. The Morgan fingerprint density at radius 3 is 2.62 bits per heavy atom. The van der Waals surface area contributed by atoms with Crippen molar-refractivity contribution in [2.45, 2.75) is 51.2 Å². The van der Waals surface area contributed by atoms with Crippen LogP contribution in [0.1, 0.15) is 39.5 Å². The van der Waals surface area contributed by atoms with Crippen molar-refractivity contribution in [1.29, 1.82) is 0 Å². The lowest BCUT2D eigenvalue weighted by Crippen LogP contribution is -2.51. The molecule has 0 aromatic carbocycles. The van der Waals surface area contributed by atoms with Gasteiger partial charge in [0, 0.05) is 6.61 Å². The average molecular weight is 229 g/mol. The number of carbonyl (C=O) groups excluding carboxylic acids is 1. The van der Waals surface area contributed by atoms with Crippen LogP contribution in [0.15, 0.2) is 0 Å². The van der Waals surface area contributed by atoms with Crippen LogP contribution >= 0.6 is 0 Å². The van der Waals surface area contributed by atoms with E-state index in [0.717, 1.165) is 19.4 Å². The predicted molar refractivity (Wildman–Crippen MR) is 62.3 cm³/mol. The highest BCUT2D eigenvalue weighted by atomic mass is 16.5. The average Bonchev–Trinajstić information content (AvgIpc) is 2.21. The normalized spacial score (nSPS) is 19.9. The summed E-state index contributed by atoms with van der Waals surface area (Å²) in [7, 11) is 1.42. The molecule has 0 saturated heterocycles. The van der Waals surface area contributed by atoms with Gasteiger partial charge in [-0.15, -0.1) is 0 Å². The maximum atomic E-state index is 11.6. The van der Waals surface area contributed by atoms with Crippen LogP contribution in [-0.2, 0) is 14.3 Å². The first-order valence-electron chi connectivity index (χ1n) is 6.07. The van der Waals surface area contributed by atoms with E-state index in [1.807, 2.05) is 13.8 Å². The van der Waals surface area contributed by atoms with Crippen molar-refractivity contribution < 1.29 is 14.3 Å². The summed E-state index contributed by atoms with van der Waals surface area (Å²) >= 11 is 0. The van der Waals surface area contributed by atoms with Crippen LogP contribution in [-0.4, -0.2) is 37.9 Å². The summed E-state index contributed by atoms with van der Waals surface area (Å²) in [5.41, 5.74) is -0.618. The molecule has 0 aromatic rings. The maximum absolute atomic E-state index is 11.6. The quantitative estimate of drug-likeness (QED) is 0.672. The molecule has 1 atom stereocenters. The second kappa shape index (κ2) is 6.21. The minimum Gasteiger partial charge on any atom is -0.468 e. The molecular formula is C12H23NO3. The van der Waals surface area contributed by atoms with Gasteiger partial charge >= 0.3 is 5.97 Å². The fourth-order valence-electron chi connectivity index (χ4n) is 1.85. The smallest absolute Gasteiger partial charge is 0.325 e. The highest BCUT2D eigenvalue weighted by Gasteiger charge is 2.33. The van der Waals surface area contributed by atoms with Gasteiger partial charge in [-0.1, -0.05) is 6.92 Å². The summed E-state index contributed by atoms with van der Waals surface area (Å²) in [5.74, 6) is -0.216. The van der Waals surface area contributed by atoms with Crippen molar-refractivity contribution in [2.75, 3.05) is 20.3 Å². The molecule has 4 heteroatoms. The van der Waals surface area contributed by atoms with E-state index in [4.69, 9.17) is 9.47 Å². The topological polar surface area (TPSA) is 47.6 Å². The van der Waals surface area contributed by atoms with Gasteiger partial charge in [0.25, 0.3) is 0 Å². The molecular weight excluding hydrogens is 206 g/mol. The zero-order chi connectivity index (χ0) is 12.0. The van der Waals surface area contributed by atoms with E-state index in [0.29, 0.717) is 19.1 Å². The summed E-state index contributed by atoms with van der Waals surface area (Å²) in [6.07, 6.45) is 4.67. The Morgan fingerprint density at radius 1 is 1.50 bits per heavy atom. The second-order valence-corrected chi connectivity index (χ2v) is 4.53. The molecule has 94 valence electrons. The van der Waals surface area contributed by atoms with E-state index < -0.39 is 5.54 Å². The maximum Gasteiger partial charge on any atom is 0.325 e. The highest BCUT2D eigenvalue weighted by Crippen LogP contribution is 2.23. The van der Waals surface area contributed by atoms with E-state index in [1.54, 1.807) is 0 Å². The highest BCUT2D eigenvalue weighted by molar-refractivity contribution is 5.80. The fraction of sp³-hybridized carbons (Fsp3) is 0.917. The van der Waals surface area contributed by atoms with Gasteiger partial charge in [0.1, 0.15) is 5.54 Å². The Hall–Kier alpha value is -0.610. The molecule has 0 aromatic heterocycles. The van der Waals surface area contributed by atoms with Gasteiger partial charge < -0.3 is 14.8 Å². The molecule has 1 aliphatic rings. The van der Waals surface area contributed by atoms with E-state index in [9.17, 15) is 4.79 Å². The molecule has 0 heterocycles. The van der Waals surface area contributed by atoms with Gasteiger partial charge in [-0.2, -0.15) is 0 Å². The molecule has 1 N–H and O–H groups in total. The number of rotatable bonds is 7. The van der Waals surface area contributed by atoms with Crippen LogP contribution in [0.4, 0.5) is 0 Å². The molecule has 16 heavy (non-hydrogen) atoms. The van der Waals surface area contributed by atoms with Gasteiger partial charge in [0.05, 0.1) is 13.2 Å². The van der Waals surface area contributed by atoms with Crippen molar-refractivity contribution in [3.8, 4) is 0 Å². The number of nitrogens with one attached hydrogen (secondary N) is 1. The SMILES string of the molecule is CCNC(C)(CCOC1CCC1)C(=O)OC. The lowest BCUT2D eigenvalue weighted by Gasteiger charge is -2.30. The lowest BCUT2D eigenvalue weighted by atomic mass is 9.95. The molecule has 1 rings (SSSR count). The molecule has 0 spiro atoms. The first kappa shape index (κ1) is 13.5. The fourth-order valence-corrected chi connectivity index (χ4v) is 1.85. The Morgan fingerprint density at radius 2 is 2.19 bits per heavy atom. The molecule has 1 aliphatic carbocycles. The number of ether oxygens (including phenoxy) is 2.